The number of hydrogen-bond donors (Lipinski definition) is 1. The molecule has 90 valence electrons. The molecule has 0 radical (unpaired) electrons. The van der Waals surface area contributed by atoms with Gasteiger partial charge in [0, 0.05) is 25.6 Å². The van der Waals surface area contributed by atoms with Gasteiger partial charge in [0.15, 0.2) is 0 Å². The fraction of sp³-hybridized carbons (Fsp3) is 0.692. The number of rotatable bonds is 5. The summed E-state index contributed by atoms with van der Waals surface area (Å²) in [5.41, 5.74) is 0. The monoisotopic (exact) mass is 223 g/mol. The summed E-state index contributed by atoms with van der Waals surface area (Å²) < 4.78 is 10.7. The van der Waals surface area contributed by atoms with Gasteiger partial charge in [-0.1, -0.05) is 0 Å². The Labute approximate surface area is 97.2 Å². The van der Waals surface area contributed by atoms with E-state index in [0.717, 1.165) is 18.6 Å². The predicted molar refractivity (Wildman–Crippen MR) is 63.4 cm³/mol. The van der Waals surface area contributed by atoms with Crippen LogP contribution in [-0.2, 0) is 11.2 Å². The van der Waals surface area contributed by atoms with Crippen molar-refractivity contribution >= 4 is 0 Å². The summed E-state index contributed by atoms with van der Waals surface area (Å²) in [5.74, 6) is 1.06. The zero-order valence-corrected chi connectivity index (χ0v) is 10.1. The standard InChI is InChI=1S/C13H21NO2/c1-10(8-13-4-3-7-16-13)14-11-5-6-12(9-11)15-2/h3-4,7,10-12,14H,5-6,8-9H2,1-2H3. The molecular weight excluding hydrogens is 202 g/mol. The summed E-state index contributed by atoms with van der Waals surface area (Å²) >= 11 is 0. The van der Waals surface area contributed by atoms with E-state index in [4.69, 9.17) is 9.15 Å². The van der Waals surface area contributed by atoms with Crippen molar-refractivity contribution < 1.29 is 9.15 Å². The highest BCUT2D eigenvalue weighted by molar-refractivity contribution is 5.00. The van der Waals surface area contributed by atoms with Crippen molar-refractivity contribution in [3.63, 3.8) is 0 Å². The topological polar surface area (TPSA) is 34.4 Å². The number of furan rings is 1. The molecule has 0 amide bonds. The van der Waals surface area contributed by atoms with Gasteiger partial charge in [-0.3, -0.25) is 0 Å². The first kappa shape index (κ1) is 11.7. The van der Waals surface area contributed by atoms with Crippen LogP contribution in [0.3, 0.4) is 0 Å². The molecule has 0 spiro atoms. The second kappa shape index (κ2) is 5.51. The van der Waals surface area contributed by atoms with E-state index in [2.05, 4.69) is 12.2 Å². The van der Waals surface area contributed by atoms with E-state index in [-0.39, 0.29) is 0 Å². The van der Waals surface area contributed by atoms with E-state index in [0.29, 0.717) is 18.2 Å². The maximum absolute atomic E-state index is 5.37. The Morgan fingerprint density at radius 3 is 3.06 bits per heavy atom. The Hall–Kier alpha value is -0.800. The molecule has 3 atom stereocenters. The molecule has 3 heteroatoms. The first-order valence-corrected chi connectivity index (χ1v) is 6.09. The van der Waals surface area contributed by atoms with Gasteiger partial charge in [-0.25, -0.2) is 0 Å². The van der Waals surface area contributed by atoms with Crippen LogP contribution in [-0.4, -0.2) is 25.3 Å². The van der Waals surface area contributed by atoms with Gasteiger partial charge in [-0.2, -0.15) is 0 Å². The largest absolute Gasteiger partial charge is 0.469 e. The number of ether oxygens (including phenoxy) is 1. The Morgan fingerprint density at radius 1 is 1.56 bits per heavy atom. The smallest absolute Gasteiger partial charge is 0.105 e. The third-order valence-corrected chi connectivity index (χ3v) is 3.33. The van der Waals surface area contributed by atoms with Gasteiger partial charge < -0.3 is 14.5 Å². The van der Waals surface area contributed by atoms with Crippen LogP contribution >= 0.6 is 0 Å². The van der Waals surface area contributed by atoms with Crippen LogP contribution in [0.25, 0.3) is 0 Å². The summed E-state index contributed by atoms with van der Waals surface area (Å²) in [4.78, 5) is 0. The van der Waals surface area contributed by atoms with Crippen LogP contribution in [0, 0.1) is 0 Å². The van der Waals surface area contributed by atoms with E-state index < -0.39 is 0 Å². The van der Waals surface area contributed by atoms with Crippen molar-refractivity contribution in [2.24, 2.45) is 0 Å². The first-order valence-electron chi connectivity index (χ1n) is 6.09. The fourth-order valence-electron chi connectivity index (χ4n) is 2.50. The summed E-state index contributed by atoms with van der Waals surface area (Å²) in [7, 11) is 1.80. The molecule has 3 unspecified atom stereocenters. The van der Waals surface area contributed by atoms with E-state index in [9.17, 15) is 0 Å². The van der Waals surface area contributed by atoms with Gasteiger partial charge in [-0.05, 0) is 38.3 Å². The Bertz CT molecular complexity index is 297. The van der Waals surface area contributed by atoms with E-state index in [1.54, 1.807) is 13.4 Å². The predicted octanol–water partition coefficient (Wildman–Crippen LogP) is 2.37. The molecule has 1 saturated carbocycles. The van der Waals surface area contributed by atoms with Gasteiger partial charge in [-0.15, -0.1) is 0 Å². The summed E-state index contributed by atoms with van der Waals surface area (Å²) in [6.07, 6.45) is 6.69. The SMILES string of the molecule is COC1CCC(NC(C)Cc2ccco2)C1. The van der Waals surface area contributed by atoms with Crippen molar-refractivity contribution in [3.05, 3.63) is 24.2 Å². The zero-order valence-electron chi connectivity index (χ0n) is 10.1. The zero-order chi connectivity index (χ0) is 11.4. The second-order valence-corrected chi connectivity index (χ2v) is 4.72. The highest BCUT2D eigenvalue weighted by Gasteiger charge is 2.25. The molecule has 3 nitrogen and oxygen atoms in total. The normalized spacial score (nSPS) is 27.1. The van der Waals surface area contributed by atoms with E-state index >= 15 is 0 Å². The number of hydrogen-bond acceptors (Lipinski definition) is 3. The van der Waals surface area contributed by atoms with Crippen molar-refractivity contribution in [2.75, 3.05) is 7.11 Å². The van der Waals surface area contributed by atoms with Crippen molar-refractivity contribution in [1.29, 1.82) is 0 Å². The molecule has 0 aromatic carbocycles. The molecule has 1 aromatic rings. The Balaban J connectivity index is 1.73. The average Bonchev–Trinajstić information content (AvgIpc) is 2.89. The molecule has 1 fully saturated rings. The van der Waals surface area contributed by atoms with E-state index in [1.165, 1.54) is 12.8 Å². The minimum Gasteiger partial charge on any atom is -0.469 e. The van der Waals surface area contributed by atoms with Gasteiger partial charge in [0.2, 0.25) is 0 Å². The Kier molecular flexibility index (Phi) is 4.02. The van der Waals surface area contributed by atoms with E-state index in [1.807, 2.05) is 12.1 Å². The fourth-order valence-corrected chi connectivity index (χ4v) is 2.50. The third kappa shape index (κ3) is 3.09. The third-order valence-electron chi connectivity index (χ3n) is 3.33. The lowest BCUT2D eigenvalue weighted by Gasteiger charge is -2.18. The van der Waals surface area contributed by atoms with Crippen LogP contribution < -0.4 is 5.32 Å². The molecule has 0 saturated heterocycles. The van der Waals surface area contributed by atoms with Gasteiger partial charge in [0.05, 0.1) is 12.4 Å². The lowest BCUT2D eigenvalue weighted by molar-refractivity contribution is 0.106. The van der Waals surface area contributed by atoms with Gasteiger partial charge in [0.1, 0.15) is 5.76 Å². The highest BCUT2D eigenvalue weighted by Crippen LogP contribution is 2.22. The molecule has 1 aliphatic rings. The average molecular weight is 223 g/mol. The second-order valence-electron chi connectivity index (χ2n) is 4.72. The van der Waals surface area contributed by atoms with Crippen LogP contribution in [0.4, 0.5) is 0 Å². The molecule has 1 aliphatic carbocycles. The molecular formula is C13H21NO2. The molecule has 2 rings (SSSR count). The molecule has 0 bridgehead atoms. The lowest BCUT2D eigenvalue weighted by atomic mass is 10.1. The van der Waals surface area contributed by atoms with Crippen LogP contribution in [0.1, 0.15) is 31.9 Å². The van der Waals surface area contributed by atoms with Crippen molar-refractivity contribution in [3.8, 4) is 0 Å². The molecule has 1 N–H and O–H groups in total. The molecule has 1 heterocycles. The van der Waals surface area contributed by atoms with Gasteiger partial charge in [0.25, 0.3) is 0 Å². The molecule has 16 heavy (non-hydrogen) atoms. The lowest BCUT2D eigenvalue weighted by Crippen LogP contribution is -2.36. The van der Waals surface area contributed by atoms with Gasteiger partial charge >= 0.3 is 0 Å². The molecule has 0 aliphatic heterocycles. The highest BCUT2D eigenvalue weighted by atomic mass is 16.5. The minimum atomic E-state index is 0.452. The summed E-state index contributed by atoms with van der Waals surface area (Å²) in [5, 5.41) is 3.64. The van der Waals surface area contributed by atoms with Crippen LogP contribution in [0.15, 0.2) is 22.8 Å². The first-order chi connectivity index (χ1) is 7.78. The van der Waals surface area contributed by atoms with Crippen molar-refractivity contribution in [1.82, 2.24) is 5.32 Å². The van der Waals surface area contributed by atoms with Crippen LogP contribution in [0.5, 0.6) is 0 Å². The summed E-state index contributed by atoms with van der Waals surface area (Å²) in [6, 6.07) is 5.05. The van der Waals surface area contributed by atoms with Crippen molar-refractivity contribution in [2.45, 2.75) is 50.8 Å². The maximum atomic E-state index is 5.37. The Morgan fingerprint density at radius 2 is 2.44 bits per heavy atom. The number of methoxy groups -OCH3 is 1. The quantitative estimate of drug-likeness (QED) is 0.832. The summed E-state index contributed by atoms with van der Waals surface area (Å²) in [6.45, 7) is 2.21. The minimum absolute atomic E-state index is 0.452. The van der Waals surface area contributed by atoms with Crippen LogP contribution in [0.2, 0.25) is 0 Å². The number of nitrogens with one attached hydrogen (secondary N) is 1. The molecule has 1 aromatic heterocycles. The maximum Gasteiger partial charge on any atom is 0.105 e.